The van der Waals surface area contributed by atoms with Crippen molar-refractivity contribution in [2.24, 2.45) is 0 Å². The van der Waals surface area contributed by atoms with Crippen molar-refractivity contribution < 1.29 is 19.1 Å². The molecule has 29 heavy (non-hydrogen) atoms. The zero-order valence-electron chi connectivity index (χ0n) is 15.8. The average Bonchev–Trinajstić information content (AvgIpc) is 2.71. The number of hydrogen-bond donors (Lipinski definition) is 3. The molecule has 154 valence electrons. The summed E-state index contributed by atoms with van der Waals surface area (Å²) in [5.41, 5.74) is 6.03. The quantitative estimate of drug-likeness (QED) is 0.550. The van der Waals surface area contributed by atoms with E-state index >= 15 is 0 Å². The molecule has 0 radical (unpaired) electrons. The summed E-state index contributed by atoms with van der Waals surface area (Å²) in [5, 5.41) is 3.33. The summed E-state index contributed by atoms with van der Waals surface area (Å²) in [6.45, 7) is 1.80. The summed E-state index contributed by atoms with van der Waals surface area (Å²) in [6.07, 6.45) is 0.717. The first kappa shape index (κ1) is 22.5. The van der Waals surface area contributed by atoms with Gasteiger partial charge in [-0.1, -0.05) is 42.3 Å². The Morgan fingerprint density at radius 2 is 1.55 bits per heavy atom. The van der Waals surface area contributed by atoms with Gasteiger partial charge >= 0.3 is 0 Å². The number of benzene rings is 2. The van der Waals surface area contributed by atoms with E-state index in [2.05, 4.69) is 16.2 Å². The van der Waals surface area contributed by atoms with Crippen LogP contribution in [0.15, 0.2) is 42.5 Å². The molecule has 0 spiro atoms. The molecule has 0 heterocycles. The molecule has 3 amide bonds. The van der Waals surface area contributed by atoms with Crippen LogP contribution in [0.5, 0.6) is 5.75 Å². The minimum absolute atomic E-state index is 0.0824. The smallest absolute Gasteiger partial charge is 0.276 e. The van der Waals surface area contributed by atoms with Crippen molar-refractivity contribution in [1.29, 1.82) is 0 Å². The highest BCUT2D eigenvalue weighted by Gasteiger charge is 2.10. The van der Waals surface area contributed by atoms with E-state index in [4.69, 9.17) is 27.9 Å². The summed E-state index contributed by atoms with van der Waals surface area (Å²) in [6, 6.07) is 12.0. The Labute approximate surface area is 178 Å². The van der Waals surface area contributed by atoms with Crippen LogP contribution in [0.25, 0.3) is 0 Å². The van der Waals surface area contributed by atoms with Crippen LogP contribution in [0.4, 0.5) is 5.69 Å². The maximum atomic E-state index is 11.9. The molecule has 0 aliphatic rings. The van der Waals surface area contributed by atoms with Crippen molar-refractivity contribution in [1.82, 2.24) is 10.9 Å². The van der Waals surface area contributed by atoms with Crippen molar-refractivity contribution >= 4 is 46.6 Å². The van der Waals surface area contributed by atoms with E-state index in [1.54, 1.807) is 24.3 Å². The third kappa shape index (κ3) is 8.01. The van der Waals surface area contributed by atoms with Gasteiger partial charge in [0.2, 0.25) is 11.8 Å². The minimum Gasteiger partial charge on any atom is -0.484 e. The summed E-state index contributed by atoms with van der Waals surface area (Å²) < 4.78 is 5.33. The van der Waals surface area contributed by atoms with Crippen LogP contribution in [-0.2, 0) is 20.8 Å². The van der Waals surface area contributed by atoms with E-state index < -0.39 is 17.7 Å². The number of rotatable bonds is 8. The summed E-state index contributed by atoms with van der Waals surface area (Å²) in [5.74, 6) is -0.867. The van der Waals surface area contributed by atoms with Crippen LogP contribution < -0.4 is 20.9 Å². The first-order valence-corrected chi connectivity index (χ1v) is 9.67. The number of amides is 3. The fourth-order valence-electron chi connectivity index (χ4n) is 2.24. The second kappa shape index (κ2) is 11.3. The molecule has 9 heteroatoms. The van der Waals surface area contributed by atoms with E-state index in [-0.39, 0.29) is 19.4 Å². The molecule has 2 rings (SSSR count). The zero-order chi connectivity index (χ0) is 21.2. The predicted octanol–water partition coefficient (Wildman–Crippen LogP) is 3.50. The lowest BCUT2D eigenvalue weighted by Gasteiger charge is -2.10. The maximum Gasteiger partial charge on any atom is 0.276 e. The average molecular weight is 438 g/mol. The second-order valence-corrected chi connectivity index (χ2v) is 6.90. The molecule has 3 N–H and O–H groups in total. The summed E-state index contributed by atoms with van der Waals surface area (Å²) >= 11 is 11.8. The number of hydrogen-bond acceptors (Lipinski definition) is 4. The number of hydrazine groups is 1. The molecular weight excluding hydrogens is 417 g/mol. The molecule has 2 aromatic carbocycles. The molecule has 0 fully saturated rings. The van der Waals surface area contributed by atoms with Gasteiger partial charge in [-0.2, -0.15) is 0 Å². The van der Waals surface area contributed by atoms with Gasteiger partial charge < -0.3 is 10.1 Å². The van der Waals surface area contributed by atoms with Gasteiger partial charge in [0, 0.05) is 17.9 Å². The highest BCUT2D eigenvalue weighted by Crippen LogP contribution is 2.25. The Balaban J connectivity index is 1.65. The van der Waals surface area contributed by atoms with Gasteiger partial charge in [-0.15, -0.1) is 0 Å². The SMILES string of the molecule is CCc1ccc(OCC(=O)NNC(=O)CCC(=O)Nc2ccc(Cl)cc2Cl)cc1. The van der Waals surface area contributed by atoms with E-state index in [0.717, 1.165) is 12.0 Å². The van der Waals surface area contributed by atoms with Gasteiger partial charge in [0.25, 0.3) is 5.91 Å². The van der Waals surface area contributed by atoms with Crippen molar-refractivity contribution in [3.8, 4) is 5.75 Å². The summed E-state index contributed by atoms with van der Waals surface area (Å²) in [7, 11) is 0. The van der Waals surface area contributed by atoms with E-state index in [0.29, 0.717) is 21.5 Å². The molecule has 0 saturated heterocycles. The largest absolute Gasteiger partial charge is 0.484 e. The molecule has 0 bridgehead atoms. The van der Waals surface area contributed by atoms with E-state index in [1.807, 2.05) is 19.1 Å². The highest BCUT2D eigenvalue weighted by molar-refractivity contribution is 6.36. The lowest BCUT2D eigenvalue weighted by atomic mass is 10.2. The van der Waals surface area contributed by atoms with Crippen LogP contribution in [0.2, 0.25) is 10.0 Å². The minimum atomic E-state index is -0.518. The topological polar surface area (TPSA) is 96.5 Å². The normalized spacial score (nSPS) is 10.2. The van der Waals surface area contributed by atoms with Gasteiger partial charge in [-0.05, 0) is 42.3 Å². The third-order valence-corrected chi connectivity index (χ3v) is 4.38. The molecule has 0 aliphatic heterocycles. The Kier molecular flexibility index (Phi) is 8.76. The Morgan fingerprint density at radius 1 is 0.897 bits per heavy atom. The van der Waals surface area contributed by atoms with Crippen molar-refractivity contribution in [3.05, 3.63) is 58.1 Å². The monoisotopic (exact) mass is 437 g/mol. The second-order valence-electron chi connectivity index (χ2n) is 6.05. The Hall–Kier alpha value is -2.77. The molecule has 7 nitrogen and oxygen atoms in total. The zero-order valence-corrected chi connectivity index (χ0v) is 17.3. The molecule has 0 atom stereocenters. The Morgan fingerprint density at radius 3 is 2.21 bits per heavy atom. The first-order valence-electron chi connectivity index (χ1n) is 8.91. The number of carbonyl (C=O) groups excluding carboxylic acids is 3. The Bertz CT molecular complexity index is 873. The van der Waals surface area contributed by atoms with E-state index in [1.165, 1.54) is 6.07 Å². The lowest BCUT2D eigenvalue weighted by molar-refractivity contribution is -0.130. The number of halogens is 2. The van der Waals surface area contributed by atoms with Crippen molar-refractivity contribution in [2.45, 2.75) is 26.2 Å². The molecule has 0 aromatic heterocycles. The lowest BCUT2D eigenvalue weighted by Crippen LogP contribution is -2.44. The fourth-order valence-corrected chi connectivity index (χ4v) is 2.69. The summed E-state index contributed by atoms with van der Waals surface area (Å²) in [4.78, 5) is 35.4. The van der Waals surface area contributed by atoms with Crippen LogP contribution in [0.1, 0.15) is 25.3 Å². The molecule has 0 aliphatic carbocycles. The maximum absolute atomic E-state index is 11.9. The van der Waals surface area contributed by atoms with Crippen LogP contribution in [0, 0.1) is 0 Å². The van der Waals surface area contributed by atoms with Gasteiger partial charge in [0.05, 0.1) is 10.7 Å². The van der Waals surface area contributed by atoms with Crippen molar-refractivity contribution in [2.75, 3.05) is 11.9 Å². The number of ether oxygens (including phenoxy) is 1. The number of aryl methyl sites for hydroxylation is 1. The molecule has 0 unspecified atom stereocenters. The first-order chi connectivity index (χ1) is 13.9. The van der Waals surface area contributed by atoms with Crippen molar-refractivity contribution in [3.63, 3.8) is 0 Å². The fraction of sp³-hybridized carbons (Fsp3) is 0.250. The van der Waals surface area contributed by atoms with Gasteiger partial charge in [0.15, 0.2) is 6.61 Å². The predicted molar refractivity (Wildman–Crippen MR) is 112 cm³/mol. The van der Waals surface area contributed by atoms with Crippen LogP contribution in [0.3, 0.4) is 0 Å². The third-order valence-electron chi connectivity index (χ3n) is 3.83. The van der Waals surface area contributed by atoms with Gasteiger partial charge in [0.1, 0.15) is 5.75 Å². The molecular formula is C20H21Cl2N3O4. The number of anilines is 1. The number of nitrogens with one attached hydrogen (secondary N) is 3. The standard InChI is InChI=1S/C20H21Cl2N3O4/c1-2-13-3-6-15(7-4-13)29-12-20(28)25-24-19(27)10-9-18(26)23-17-8-5-14(21)11-16(17)22/h3-8,11H,2,9-10,12H2,1H3,(H,23,26)(H,24,27)(H,25,28). The molecule has 0 saturated carbocycles. The van der Waals surface area contributed by atoms with Crippen LogP contribution >= 0.6 is 23.2 Å². The van der Waals surface area contributed by atoms with Gasteiger partial charge in [-0.3, -0.25) is 25.2 Å². The highest BCUT2D eigenvalue weighted by atomic mass is 35.5. The van der Waals surface area contributed by atoms with Gasteiger partial charge in [-0.25, -0.2) is 0 Å². The number of carbonyl (C=O) groups is 3. The van der Waals surface area contributed by atoms with E-state index in [9.17, 15) is 14.4 Å². The van der Waals surface area contributed by atoms with Crippen LogP contribution in [-0.4, -0.2) is 24.3 Å². The molecule has 2 aromatic rings.